The van der Waals surface area contributed by atoms with Gasteiger partial charge in [0.2, 0.25) is 5.91 Å². The van der Waals surface area contributed by atoms with Crippen LogP contribution in [0.5, 0.6) is 0 Å². The van der Waals surface area contributed by atoms with E-state index in [4.69, 9.17) is 13.8 Å². The van der Waals surface area contributed by atoms with Crippen molar-refractivity contribution in [2.24, 2.45) is 0 Å². The second-order valence-electron chi connectivity index (χ2n) is 20.8. The molecule has 420 valence electrons. The van der Waals surface area contributed by atoms with E-state index in [0.29, 0.717) is 23.9 Å². The molecule has 0 aliphatic carbocycles. The van der Waals surface area contributed by atoms with Crippen molar-refractivity contribution in [2.45, 2.75) is 251 Å². The Morgan fingerprint density at radius 1 is 0.493 bits per heavy atom. The number of hydrogen-bond donors (Lipinski definition) is 1. The molecule has 0 radical (unpaired) electrons. The molecule has 0 aliphatic rings. The molecular weight excluding hydrogens is 928 g/mol. The Bertz CT molecular complexity index is 1570. The van der Waals surface area contributed by atoms with Crippen molar-refractivity contribution in [1.82, 2.24) is 5.32 Å². The first-order valence-electron chi connectivity index (χ1n) is 29.5. The number of ether oxygens (including phenoxy) is 1. The van der Waals surface area contributed by atoms with E-state index in [1.165, 1.54) is 96.3 Å². The Kier molecular flexibility index (Phi) is 50.2. The van der Waals surface area contributed by atoms with E-state index in [-0.39, 0.29) is 25.4 Å². The Morgan fingerprint density at radius 3 is 1.34 bits per heavy atom. The monoisotopic (exact) mass is 1040 g/mol. The number of amides is 1. The summed E-state index contributed by atoms with van der Waals surface area (Å²) in [6.07, 6.45) is 69.6. The smallest absolute Gasteiger partial charge is 0.306 e. The summed E-state index contributed by atoms with van der Waals surface area (Å²) >= 11 is 0. The average Bonchev–Trinajstić information content (AvgIpc) is 3.35. The van der Waals surface area contributed by atoms with Crippen LogP contribution in [-0.2, 0) is 27.9 Å². The number of rotatable bonds is 52. The van der Waals surface area contributed by atoms with Gasteiger partial charge in [-0.05, 0) is 96.0 Å². The average molecular weight is 1040 g/mol. The van der Waals surface area contributed by atoms with Crippen molar-refractivity contribution in [3.8, 4) is 0 Å². The number of hydrogen-bond acceptors (Lipinski definition) is 7. The van der Waals surface area contributed by atoms with Crippen LogP contribution in [0, 0.1) is 0 Å². The third-order valence-electron chi connectivity index (χ3n) is 12.5. The molecule has 0 saturated heterocycles. The van der Waals surface area contributed by atoms with Gasteiger partial charge in [0.15, 0.2) is 0 Å². The highest BCUT2D eigenvalue weighted by atomic mass is 31.2. The minimum Gasteiger partial charge on any atom is -0.756 e. The normalized spacial score (nSPS) is 14.5. The molecule has 0 aromatic heterocycles. The third kappa shape index (κ3) is 53.6. The maximum absolute atomic E-state index is 13.5. The van der Waals surface area contributed by atoms with E-state index < -0.39 is 32.5 Å². The van der Waals surface area contributed by atoms with E-state index in [1.807, 2.05) is 33.3 Å². The molecule has 3 atom stereocenters. The first kappa shape index (κ1) is 69.9. The lowest BCUT2D eigenvalue weighted by Crippen LogP contribution is -2.47. The van der Waals surface area contributed by atoms with Crippen LogP contribution >= 0.6 is 7.82 Å². The first-order chi connectivity index (χ1) is 35.4. The van der Waals surface area contributed by atoms with E-state index in [2.05, 4.69) is 105 Å². The van der Waals surface area contributed by atoms with Crippen LogP contribution < -0.4 is 10.2 Å². The summed E-state index contributed by atoms with van der Waals surface area (Å²) in [5.41, 5.74) is 0. The van der Waals surface area contributed by atoms with Crippen molar-refractivity contribution in [1.29, 1.82) is 0 Å². The predicted octanol–water partition coefficient (Wildman–Crippen LogP) is 17.4. The zero-order valence-electron chi connectivity index (χ0n) is 47.8. The number of esters is 1. The summed E-state index contributed by atoms with van der Waals surface area (Å²) < 4.78 is 30.2. The summed E-state index contributed by atoms with van der Waals surface area (Å²) in [5.74, 6) is -0.646. The van der Waals surface area contributed by atoms with Gasteiger partial charge in [0.05, 0.1) is 33.8 Å². The van der Waals surface area contributed by atoms with Gasteiger partial charge in [-0.2, -0.15) is 0 Å². The standard InChI is InChI=1S/C63H111N2O7P/c1-7-10-13-16-19-22-25-28-29-30-31-32-33-34-35-38-40-43-46-49-52-55-62(66)64-60(59-71-73(68,69)70-58-57-65(4,5)6)61(54-51-48-45-42-39-36-26-23-20-17-14-11-8-2)72-63(67)56-53-50-47-44-41-37-27-24-21-18-15-12-9-3/h10,13,19,22,28-29,31-32,34-35,37,41,47,50-51,54,60-61H,7-9,11-12,14-18,20-21,23-27,30,33,36,38-40,42-46,48-49,52-53,55-59H2,1-6H3,(H-,64,66,68,69)/b13-10-,22-19-,29-28-,32-31-,35-34-,41-37-,50-47+,54-51-. The number of unbranched alkanes of at least 4 members (excludes halogenated alkanes) is 22. The van der Waals surface area contributed by atoms with Crippen LogP contribution in [0.25, 0.3) is 0 Å². The molecule has 9 nitrogen and oxygen atoms in total. The summed E-state index contributed by atoms with van der Waals surface area (Å²) in [4.78, 5) is 39.8. The van der Waals surface area contributed by atoms with Crippen molar-refractivity contribution >= 4 is 19.7 Å². The molecular formula is C63H111N2O7P. The molecule has 0 bridgehead atoms. The van der Waals surface area contributed by atoms with Crippen molar-refractivity contribution in [2.75, 3.05) is 40.9 Å². The molecule has 0 heterocycles. The van der Waals surface area contributed by atoms with Crippen LogP contribution in [0.2, 0.25) is 0 Å². The Labute approximate surface area is 449 Å². The number of phosphoric ester groups is 1. The molecule has 10 heteroatoms. The van der Waals surface area contributed by atoms with E-state index in [9.17, 15) is 19.0 Å². The van der Waals surface area contributed by atoms with Crippen molar-refractivity contribution in [3.05, 3.63) is 97.2 Å². The summed E-state index contributed by atoms with van der Waals surface area (Å²) in [7, 11) is 1.13. The number of quaternary nitrogens is 1. The topological polar surface area (TPSA) is 114 Å². The van der Waals surface area contributed by atoms with Gasteiger partial charge in [-0.15, -0.1) is 0 Å². The maximum atomic E-state index is 13.5. The first-order valence-corrected chi connectivity index (χ1v) is 31.0. The largest absolute Gasteiger partial charge is 0.756 e. The van der Waals surface area contributed by atoms with Gasteiger partial charge in [-0.1, -0.05) is 227 Å². The Balaban J connectivity index is 5.40. The van der Waals surface area contributed by atoms with E-state index in [0.717, 1.165) is 96.3 Å². The summed E-state index contributed by atoms with van der Waals surface area (Å²) in [6, 6.07) is -0.926. The Morgan fingerprint density at radius 2 is 0.890 bits per heavy atom. The summed E-state index contributed by atoms with van der Waals surface area (Å²) in [6.45, 7) is 6.65. The van der Waals surface area contributed by atoms with Crippen molar-refractivity contribution < 1.29 is 37.3 Å². The quantitative estimate of drug-likeness (QED) is 0.0212. The van der Waals surface area contributed by atoms with Crippen LogP contribution in [0.1, 0.15) is 239 Å². The van der Waals surface area contributed by atoms with Crippen LogP contribution in [0.15, 0.2) is 97.2 Å². The number of likely N-dealkylation sites (N-methyl/N-ethyl adjacent to an activating group) is 1. The van der Waals surface area contributed by atoms with Gasteiger partial charge < -0.3 is 28.5 Å². The zero-order valence-corrected chi connectivity index (χ0v) is 48.7. The summed E-state index contributed by atoms with van der Waals surface area (Å²) in [5, 5.41) is 3.00. The fraction of sp³-hybridized carbons (Fsp3) is 0.714. The molecule has 0 fully saturated rings. The molecule has 1 N–H and O–H groups in total. The zero-order chi connectivity index (χ0) is 53.6. The highest BCUT2D eigenvalue weighted by Gasteiger charge is 2.27. The molecule has 73 heavy (non-hydrogen) atoms. The highest BCUT2D eigenvalue weighted by Crippen LogP contribution is 2.38. The molecule has 0 aliphatic heterocycles. The Hall–Kier alpha value is -3.07. The lowest BCUT2D eigenvalue weighted by atomic mass is 10.0. The number of carbonyl (C=O) groups is 2. The van der Waals surface area contributed by atoms with Crippen LogP contribution in [0.3, 0.4) is 0 Å². The number of allylic oxidation sites excluding steroid dienone is 15. The molecule has 0 spiro atoms. The van der Waals surface area contributed by atoms with Gasteiger partial charge in [0.25, 0.3) is 7.82 Å². The van der Waals surface area contributed by atoms with Crippen molar-refractivity contribution in [3.63, 3.8) is 0 Å². The number of phosphoric acid groups is 1. The fourth-order valence-corrected chi connectivity index (χ4v) is 8.68. The van der Waals surface area contributed by atoms with E-state index >= 15 is 0 Å². The molecule has 0 aromatic rings. The minimum atomic E-state index is -4.72. The van der Waals surface area contributed by atoms with Crippen LogP contribution in [-0.4, -0.2) is 69.4 Å². The fourth-order valence-electron chi connectivity index (χ4n) is 7.95. The molecule has 3 unspecified atom stereocenters. The molecule has 0 aromatic carbocycles. The number of carbonyl (C=O) groups excluding carboxylic acids is 2. The lowest BCUT2D eigenvalue weighted by molar-refractivity contribution is -0.870. The van der Waals surface area contributed by atoms with Gasteiger partial charge in [-0.25, -0.2) is 0 Å². The lowest BCUT2D eigenvalue weighted by Gasteiger charge is -2.30. The number of nitrogens with zero attached hydrogens (tertiary/aromatic N) is 1. The van der Waals surface area contributed by atoms with Gasteiger partial charge >= 0.3 is 5.97 Å². The third-order valence-corrected chi connectivity index (χ3v) is 13.5. The van der Waals surface area contributed by atoms with Gasteiger partial charge in [0, 0.05) is 12.8 Å². The molecule has 1 amide bonds. The highest BCUT2D eigenvalue weighted by molar-refractivity contribution is 7.45. The second kappa shape index (κ2) is 52.4. The van der Waals surface area contributed by atoms with Gasteiger partial charge in [0.1, 0.15) is 19.3 Å². The molecule has 0 rings (SSSR count). The number of nitrogens with one attached hydrogen (secondary N) is 1. The van der Waals surface area contributed by atoms with Gasteiger partial charge in [-0.3, -0.25) is 14.2 Å². The van der Waals surface area contributed by atoms with Crippen LogP contribution in [0.4, 0.5) is 0 Å². The minimum absolute atomic E-state index is 0.0384. The second-order valence-corrected chi connectivity index (χ2v) is 22.2. The molecule has 0 saturated carbocycles. The van der Waals surface area contributed by atoms with E-state index in [1.54, 1.807) is 6.08 Å². The SMILES string of the molecule is CC/C=C\C/C=C\C/C=C\C/C=C\C/C=C\CCCCCCCC(=O)NC(COP(=O)([O-])OCC[N+](C)(C)C)C(/C=C\CCCCCCCCCCCCC)OC(=O)CC/C=C/C/C=C\CCCCCCCC. The predicted molar refractivity (Wildman–Crippen MR) is 311 cm³/mol. The maximum Gasteiger partial charge on any atom is 0.306 e.